The average Bonchev–Trinajstić information content (AvgIpc) is 2.60. The van der Waals surface area contributed by atoms with Crippen molar-refractivity contribution >= 4 is 0 Å². The van der Waals surface area contributed by atoms with E-state index >= 15 is 0 Å². The molecule has 0 unspecified atom stereocenters. The van der Waals surface area contributed by atoms with Gasteiger partial charge in [0.25, 0.3) is 0 Å². The Hall–Kier alpha value is -1.04. The van der Waals surface area contributed by atoms with Gasteiger partial charge in [0.2, 0.25) is 0 Å². The second-order valence-corrected chi connectivity index (χ2v) is 3.07. The highest BCUT2D eigenvalue weighted by Crippen LogP contribution is 2.27. The Morgan fingerprint density at radius 1 is 1.40 bits per heavy atom. The fourth-order valence-corrected chi connectivity index (χ4v) is 1.04. The number of hydrogen-bond donors (Lipinski definition) is 0. The Morgan fingerprint density at radius 3 is 2.67 bits per heavy atom. The Balaban J connectivity index is 2.40. The number of alkyl halides is 3. The van der Waals surface area contributed by atoms with Crippen LogP contribution >= 0.6 is 0 Å². The van der Waals surface area contributed by atoms with Crippen LogP contribution in [0.3, 0.4) is 0 Å². The van der Waals surface area contributed by atoms with E-state index in [-0.39, 0.29) is 0 Å². The molecule has 0 spiro atoms. The van der Waals surface area contributed by atoms with E-state index in [1.165, 1.54) is 10.9 Å². The first kappa shape index (κ1) is 12.0. The summed E-state index contributed by atoms with van der Waals surface area (Å²) >= 11 is 0. The van der Waals surface area contributed by atoms with Crippen LogP contribution < -0.4 is 0 Å². The Morgan fingerprint density at radius 2 is 2.13 bits per heavy atom. The molecule has 1 aromatic rings. The van der Waals surface area contributed by atoms with Gasteiger partial charge < -0.3 is 4.74 Å². The van der Waals surface area contributed by atoms with E-state index < -0.39 is 11.9 Å². The second-order valence-electron chi connectivity index (χ2n) is 3.07. The summed E-state index contributed by atoms with van der Waals surface area (Å²) in [7, 11) is 0. The first-order valence-corrected chi connectivity index (χ1v) is 4.72. The number of ether oxygens (including phenoxy) is 1. The molecule has 0 saturated carbocycles. The molecular formula is C9H13F3N2O. The molecule has 0 aromatic carbocycles. The van der Waals surface area contributed by atoms with Gasteiger partial charge in [0.1, 0.15) is 0 Å². The normalized spacial score (nSPS) is 12.0. The summed E-state index contributed by atoms with van der Waals surface area (Å²) in [5.74, 6) is 0. The summed E-state index contributed by atoms with van der Waals surface area (Å²) in [5.41, 5.74) is -0.863. The fourth-order valence-electron chi connectivity index (χ4n) is 1.04. The minimum absolute atomic E-state index is 0.343. The van der Waals surface area contributed by atoms with Gasteiger partial charge >= 0.3 is 6.18 Å². The van der Waals surface area contributed by atoms with Crippen molar-refractivity contribution in [3.63, 3.8) is 0 Å². The monoisotopic (exact) mass is 222 g/mol. The highest BCUT2D eigenvalue weighted by Gasteiger charge is 2.33. The smallest absolute Gasteiger partial charge is 0.380 e. The lowest BCUT2D eigenvalue weighted by Crippen LogP contribution is -2.10. The highest BCUT2D eigenvalue weighted by atomic mass is 19.4. The third kappa shape index (κ3) is 3.91. The van der Waals surface area contributed by atoms with Crippen molar-refractivity contribution in [2.45, 2.75) is 26.1 Å². The lowest BCUT2D eigenvalue weighted by atomic mass is 10.4. The molecule has 0 aliphatic rings. The molecule has 0 radical (unpaired) electrons. The maximum atomic E-state index is 12.1. The molecule has 0 amide bonds. The van der Waals surface area contributed by atoms with E-state index in [0.29, 0.717) is 19.8 Å². The minimum Gasteiger partial charge on any atom is -0.380 e. The van der Waals surface area contributed by atoms with Gasteiger partial charge in [-0.25, -0.2) is 0 Å². The molecule has 1 heterocycles. The topological polar surface area (TPSA) is 27.1 Å². The van der Waals surface area contributed by atoms with Crippen LogP contribution in [0, 0.1) is 0 Å². The summed E-state index contributed by atoms with van der Waals surface area (Å²) in [6, 6.07) is 0.958. The van der Waals surface area contributed by atoms with Crippen molar-refractivity contribution < 1.29 is 17.9 Å². The third-order valence-corrected chi connectivity index (χ3v) is 1.74. The van der Waals surface area contributed by atoms with E-state index in [1.54, 1.807) is 0 Å². The van der Waals surface area contributed by atoms with Crippen molar-refractivity contribution in [1.82, 2.24) is 9.78 Å². The van der Waals surface area contributed by atoms with Gasteiger partial charge in [-0.15, -0.1) is 0 Å². The number of hydrogen-bond acceptors (Lipinski definition) is 2. The molecule has 0 fully saturated rings. The molecule has 0 bridgehead atoms. The van der Waals surface area contributed by atoms with E-state index in [2.05, 4.69) is 5.10 Å². The molecule has 15 heavy (non-hydrogen) atoms. The van der Waals surface area contributed by atoms with Crippen LogP contribution in [0.4, 0.5) is 13.2 Å². The Kier molecular flexibility index (Phi) is 4.14. The first-order chi connectivity index (χ1) is 7.04. The van der Waals surface area contributed by atoms with E-state index in [9.17, 15) is 13.2 Å². The van der Waals surface area contributed by atoms with Crippen LogP contribution in [0.25, 0.3) is 0 Å². The lowest BCUT2D eigenvalue weighted by Gasteiger charge is -2.03. The van der Waals surface area contributed by atoms with Crippen LogP contribution in [0.15, 0.2) is 12.3 Å². The molecule has 0 saturated heterocycles. The summed E-state index contributed by atoms with van der Waals surface area (Å²) in [6.45, 7) is 3.31. The van der Waals surface area contributed by atoms with Crippen LogP contribution in [0.5, 0.6) is 0 Å². The highest BCUT2D eigenvalue weighted by molar-refractivity contribution is 5.02. The standard InChI is InChI=1S/C9H13F3N2O/c1-2-6-15-7-5-14-4-3-8(13-14)9(10,11)12/h3-4H,2,5-7H2,1H3. The maximum Gasteiger partial charge on any atom is 0.435 e. The Bertz CT molecular complexity index is 296. The molecule has 0 aliphatic carbocycles. The van der Waals surface area contributed by atoms with Gasteiger partial charge in [-0.05, 0) is 12.5 Å². The second kappa shape index (κ2) is 5.16. The van der Waals surface area contributed by atoms with Gasteiger partial charge in [-0.3, -0.25) is 4.68 Å². The van der Waals surface area contributed by atoms with Crippen molar-refractivity contribution in [3.05, 3.63) is 18.0 Å². The van der Waals surface area contributed by atoms with Crippen LogP contribution in [-0.2, 0) is 17.5 Å². The Labute approximate surface area is 85.8 Å². The fraction of sp³-hybridized carbons (Fsp3) is 0.667. The predicted octanol–water partition coefficient (Wildman–Crippen LogP) is 2.33. The summed E-state index contributed by atoms with van der Waals surface area (Å²) in [5, 5.41) is 3.39. The zero-order valence-electron chi connectivity index (χ0n) is 8.42. The van der Waals surface area contributed by atoms with E-state index in [4.69, 9.17) is 4.74 Å². The van der Waals surface area contributed by atoms with Crippen molar-refractivity contribution in [1.29, 1.82) is 0 Å². The van der Waals surface area contributed by atoms with Crippen LogP contribution in [0.2, 0.25) is 0 Å². The molecule has 1 rings (SSSR count). The SMILES string of the molecule is CCCOCCn1ccc(C(F)(F)F)n1. The van der Waals surface area contributed by atoms with Crippen molar-refractivity contribution in [3.8, 4) is 0 Å². The first-order valence-electron chi connectivity index (χ1n) is 4.72. The molecule has 0 aliphatic heterocycles. The maximum absolute atomic E-state index is 12.1. The molecular weight excluding hydrogens is 209 g/mol. The van der Waals surface area contributed by atoms with Gasteiger partial charge in [0.05, 0.1) is 13.2 Å². The molecule has 6 heteroatoms. The molecule has 3 nitrogen and oxygen atoms in total. The number of nitrogens with zero attached hydrogens (tertiary/aromatic N) is 2. The predicted molar refractivity (Wildman–Crippen MR) is 48.3 cm³/mol. The summed E-state index contributed by atoms with van der Waals surface area (Å²) in [4.78, 5) is 0. The van der Waals surface area contributed by atoms with Crippen LogP contribution in [-0.4, -0.2) is 23.0 Å². The number of aromatic nitrogens is 2. The summed E-state index contributed by atoms with van der Waals surface area (Å²) < 4.78 is 42.8. The van der Waals surface area contributed by atoms with Crippen molar-refractivity contribution in [2.75, 3.05) is 13.2 Å². The average molecular weight is 222 g/mol. The van der Waals surface area contributed by atoms with Gasteiger partial charge in [-0.1, -0.05) is 6.92 Å². The number of rotatable bonds is 5. The summed E-state index contributed by atoms with van der Waals surface area (Å²) in [6.07, 6.45) is -2.17. The molecule has 1 aromatic heterocycles. The van der Waals surface area contributed by atoms with Gasteiger partial charge in [0, 0.05) is 12.8 Å². The molecule has 0 atom stereocenters. The van der Waals surface area contributed by atoms with Gasteiger partial charge in [0.15, 0.2) is 5.69 Å². The largest absolute Gasteiger partial charge is 0.435 e. The molecule has 86 valence electrons. The zero-order chi connectivity index (χ0) is 11.3. The zero-order valence-corrected chi connectivity index (χ0v) is 8.42. The van der Waals surface area contributed by atoms with Crippen molar-refractivity contribution in [2.24, 2.45) is 0 Å². The number of halogens is 3. The van der Waals surface area contributed by atoms with E-state index in [0.717, 1.165) is 12.5 Å². The van der Waals surface area contributed by atoms with Gasteiger partial charge in [-0.2, -0.15) is 18.3 Å². The molecule has 0 N–H and O–H groups in total. The quantitative estimate of drug-likeness (QED) is 0.715. The lowest BCUT2D eigenvalue weighted by molar-refractivity contribution is -0.141. The van der Waals surface area contributed by atoms with Crippen LogP contribution in [0.1, 0.15) is 19.0 Å². The minimum atomic E-state index is -4.37. The van der Waals surface area contributed by atoms with E-state index in [1.807, 2.05) is 6.92 Å². The third-order valence-electron chi connectivity index (χ3n) is 1.74.